The highest BCUT2D eigenvalue weighted by Gasteiger charge is 2.64. The van der Waals surface area contributed by atoms with Crippen molar-refractivity contribution in [3.63, 3.8) is 0 Å². The van der Waals surface area contributed by atoms with Crippen LogP contribution in [-0.4, -0.2) is 32.9 Å². The quantitative estimate of drug-likeness (QED) is 0.645. The van der Waals surface area contributed by atoms with Gasteiger partial charge in [0.1, 0.15) is 5.69 Å². The molecule has 20 heavy (non-hydrogen) atoms. The molecule has 9 heteroatoms. The monoisotopic (exact) mass is 291 g/mol. The predicted molar refractivity (Wildman–Crippen MR) is 56.7 cm³/mol. The second kappa shape index (κ2) is 4.66. The smallest absolute Gasteiger partial charge is 0.285 e. The van der Waals surface area contributed by atoms with Crippen LogP contribution in [0.15, 0.2) is 36.5 Å². The molecule has 0 fully saturated rings. The highest BCUT2D eigenvalue weighted by molar-refractivity contribution is 6.00. The van der Waals surface area contributed by atoms with Crippen LogP contribution in [0.25, 0.3) is 5.69 Å². The molecule has 0 bridgehead atoms. The molecule has 1 aromatic carbocycles. The Bertz CT molecular complexity index is 620. The van der Waals surface area contributed by atoms with E-state index in [0.29, 0.717) is 10.9 Å². The van der Waals surface area contributed by atoms with Gasteiger partial charge in [0.2, 0.25) is 0 Å². The lowest BCUT2D eigenvalue weighted by Crippen LogP contribution is -2.44. The van der Waals surface area contributed by atoms with E-state index >= 15 is 0 Å². The molecule has 2 aromatic rings. The first-order valence-electron chi connectivity index (χ1n) is 5.20. The molecular weight excluding hydrogens is 285 g/mol. The van der Waals surface area contributed by atoms with Crippen molar-refractivity contribution in [2.24, 2.45) is 0 Å². The van der Waals surface area contributed by atoms with E-state index in [1.54, 1.807) is 6.07 Å². The summed E-state index contributed by atoms with van der Waals surface area (Å²) >= 11 is 0. The Morgan fingerprint density at radius 1 is 1.05 bits per heavy atom. The summed E-state index contributed by atoms with van der Waals surface area (Å²) in [4.78, 5) is 11.4. The first kappa shape index (κ1) is 14.1. The second-order valence-electron chi connectivity index (χ2n) is 3.77. The minimum atomic E-state index is -5.98. The van der Waals surface area contributed by atoms with Crippen molar-refractivity contribution in [1.82, 2.24) is 15.0 Å². The average Bonchev–Trinajstić information content (AvgIpc) is 2.86. The van der Waals surface area contributed by atoms with E-state index in [9.17, 15) is 26.7 Å². The van der Waals surface area contributed by atoms with Crippen molar-refractivity contribution in [1.29, 1.82) is 0 Å². The lowest BCUT2D eigenvalue weighted by Gasteiger charge is -2.18. The molecule has 0 saturated carbocycles. The second-order valence-corrected chi connectivity index (χ2v) is 3.77. The fourth-order valence-electron chi connectivity index (χ4n) is 1.44. The van der Waals surface area contributed by atoms with E-state index in [2.05, 4.69) is 10.3 Å². The summed E-state index contributed by atoms with van der Waals surface area (Å²) in [7, 11) is 0. The van der Waals surface area contributed by atoms with Gasteiger partial charge in [0, 0.05) is 0 Å². The molecule has 0 unspecified atom stereocenters. The van der Waals surface area contributed by atoms with Gasteiger partial charge in [0.25, 0.3) is 5.78 Å². The maximum absolute atomic E-state index is 13.0. The summed E-state index contributed by atoms with van der Waals surface area (Å²) in [6.45, 7) is 0. The summed E-state index contributed by atoms with van der Waals surface area (Å²) in [6.07, 6.45) is -5.41. The maximum Gasteiger partial charge on any atom is 0.461 e. The van der Waals surface area contributed by atoms with Gasteiger partial charge in [-0.3, -0.25) is 4.79 Å². The van der Waals surface area contributed by atoms with E-state index in [0.717, 1.165) is 0 Å². The lowest BCUT2D eigenvalue weighted by molar-refractivity contribution is -0.255. The van der Waals surface area contributed by atoms with Crippen molar-refractivity contribution in [3.05, 3.63) is 42.2 Å². The summed E-state index contributed by atoms with van der Waals surface area (Å²) in [5.41, 5.74) is -0.801. The van der Waals surface area contributed by atoms with Crippen LogP contribution in [-0.2, 0) is 0 Å². The Morgan fingerprint density at radius 3 is 2.20 bits per heavy atom. The van der Waals surface area contributed by atoms with E-state index in [1.165, 1.54) is 24.3 Å². The summed E-state index contributed by atoms with van der Waals surface area (Å²) in [5, 5.41) is 6.55. The number of para-hydroxylation sites is 1. The molecule has 0 atom stereocenters. The van der Waals surface area contributed by atoms with Gasteiger partial charge in [0.05, 0.1) is 11.9 Å². The highest BCUT2D eigenvalue weighted by Crippen LogP contribution is 2.38. The molecule has 0 N–H and O–H groups in total. The van der Waals surface area contributed by atoms with Crippen molar-refractivity contribution in [2.45, 2.75) is 12.1 Å². The number of ketones is 1. The van der Waals surface area contributed by atoms with Crippen LogP contribution in [0.3, 0.4) is 0 Å². The SMILES string of the molecule is O=C(c1cnnn1-c1ccccc1)C(F)(F)C(F)(F)F. The number of halogens is 5. The van der Waals surface area contributed by atoms with Crippen LogP contribution in [0.1, 0.15) is 10.5 Å². The lowest BCUT2D eigenvalue weighted by atomic mass is 10.1. The van der Waals surface area contributed by atoms with Crippen molar-refractivity contribution in [3.8, 4) is 5.69 Å². The molecule has 1 heterocycles. The van der Waals surface area contributed by atoms with Crippen LogP contribution in [0.5, 0.6) is 0 Å². The molecule has 0 amide bonds. The van der Waals surface area contributed by atoms with Gasteiger partial charge in [-0.1, -0.05) is 23.4 Å². The number of carbonyl (C=O) groups excluding carboxylic acids is 1. The number of rotatable bonds is 3. The number of hydrogen-bond donors (Lipinski definition) is 0. The third-order valence-corrected chi connectivity index (χ3v) is 2.42. The first-order chi connectivity index (χ1) is 9.25. The molecule has 0 aliphatic heterocycles. The number of nitrogens with zero attached hydrogens (tertiary/aromatic N) is 3. The van der Waals surface area contributed by atoms with Gasteiger partial charge in [-0.2, -0.15) is 22.0 Å². The fourth-order valence-corrected chi connectivity index (χ4v) is 1.44. The molecule has 0 aliphatic rings. The topological polar surface area (TPSA) is 47.8 Å². The fraction of sp³-hybridized carbons (Fsp3) is 0.182. The minimum Gasteiger partial charge on any atom is -0.285 e. The van der Waals surface area contributed by atoms with Crippen LogP contribution >= 0.6 is 0 Å². The molecule has 106 valence electrons. The number of alkyl halides is 5. The third-order valence-electron chi connectivity index (χ3n) is 2.42. The summed E-state index contributed by atoms with van der Waals surface area (Å²) in [6, 6.07) is 7.39. The molecule has 2 rings (SSSR count). The van der Waals surface area contributed by atoms with Crippen molar-refractivity contribution < 1.29 is 26.7 Å². The Hall–Kier alpha value is -2.32. The minimum absolute atomic E-state index is 0.145. The van der Waals surface area contributed by atoms with Crippen LogP contribution in [0.2, 0.25) is 0 Å². The van der Waals surface area contributed by atoms with E-state index in [4.69, 9.17) is 0 Å². The molecule has 4 nitrogen and oxygen atoms in total. The molecule has 0 saturated heterocycles. The number of Topliss-reactive ketones (excluding diaryl/α,β-unsaturated/α-hetero) is 1. The molecule has 0 radical (unpaired) electrons. The number of carbonyl (C=O) groups is 1. The zero-order valence-corrected chi connectivity index (χ0v) is 9.60. The Balaban J connectivity index is 2.46. The van der Waals surface area contributed by atoms with Gasteiger partial charge in [-0.25, -0.2) is 4.68 Å². The third kappa shape index (κ3) is 2.26. The molecular formula is C11H6F5N3O. The van der Waals surface area contributed by atoms with Gasteiger partial charge in [-0.05, 0) is 12.1 Å². The Labute approximate surface area is 108 Å². The van der Waals surface area contributed by atoms with Gasteiger partial charge in [0.15, 0.2) is 0 Å². The Kier molecular flexibility index (Phi) is 3.28. The van der Waals surface area contributed by atoms with Crippen molar-refractivity contribution >= 4 is 5.78 Å². The molecule has 0 aliphatic carbocycles. The molecule has 0 spiro atoms. The zero-order chi connectivity index (χ0) is 15.0. The van der Waals surface area contributed by atoms with Gasteiger partial charge < -0.3 is 0 Å². The largest absolute Gasteiger partial charge is 0.461 e. The normalized spacial score (nSPS) is 12.4. The summed E-state index contributed by atoms with van der Waals surface area (Å²) in [5.74, 6) is -7.90. The predicted octanol–water partition coefficient (Wildman–Crippen LogP) is 2.65. The number of benzene rings is 1. The summed E-state index contributed by atoms with van der Waals surface area (Å²) < 4.78 is 63.3. The van der Waals surface area contributed by atoms with E-state index in [-0.39, 0.29) is 5.69 Å². The van der Waals surface area contributed by atoms with Gasteiger partial charge in [-0.15, -0.1) is 5.10 Å². The average molecular weight is 291 g/mol. The standard InChI is InChI=1S/C11H6F5N3O/c12-10(13,11(14,15)16)9(20)8-6-17-18-19(8)7-4-2-1-3-5-7/h1-6H. The van der Waals surface area contributed by atoms with E-state index in [1.807, 2.05) is 0 Å². The number of aromatic nitrogens is 3. The van der Waals surface area contributed by atoms with Crippen LogP contribution in [0, 0.1) is 0 Å². The van der Waals surface area contributed by atoms with Gasteiger partial charge >= 0.3 is 12.1 Å². The highest BCUT2D eigenvalue weighted by atomic mass is 19.4. The maximum atomic E-state index is 13.0. The Morgan fingerprint density at radius 2 is 1.65 bits per heavy atom. The number of hydrogen-bond acceptors (Lipinski definition) is 3. The van der Waals surface area contributed by atoms with E-state index < -0.39 is 23.6 Å². The zero-order valence-electron chi connectivity index (χ0n) is 9.60. The van der Waals surface area contributed by atoms with Crippen LogP contribution < -0.4 is 0 Å². The van der Waals surface area contributed by atoms with Crippen molar-refractivity contribution in [2.75, 3.05) is 0 Å². The first-order valence-corrected chi connectivity index (χ1v) is 5.20. The molecule has 1 aromatic heterocycles. The van der Waals surface area contributed by atoms with Crippen LogP contribution in [0.4, 0.5) is 22.0 Å².